The zero-order valence-corrected chi connectivity index (χ0v) is 15.4. The van der Waals surface area contributed by atoms with E-state index in [1.807, 2.05) is 37.3 Å². The number of rotatable bonds is 4. The molecule has 0 bridgehead atoms. The van der Waals surface area contributed by atoms with Gasteiger partial charge in [0.15, 0.2) is 0 Å². The van der Waals surface area contributed by atoms with E-state index >= 15 is 0 Å². The largest absolute Gasteiger partial charge is 0.335 e. The number of benzene rings is 2. The second-order valence-corrected chi connectivity index (χ2v) is 7.03. The van der Waals surface area contributed by atoms with Crippen molar-refractivity contribution >= 4 is 16.8 Å². The molecule has 0 fully saturated rings. The van der Waals surface area contributed by atoms with Crippen LogP contribution in [-0.4, -0.2) is 27.3 Å². The molecule has 1 aliphatic rings. The predicted molar refractivity (Wildman–Crippen MR) is 106 cm³/mol. The summed E-state index contributed by atoms with van der Waals surface area (Å²) < 4.78 is 0. The molecule has 0 saturated carbocycles. The highest BCUT2D eigenvalue weighted by Crippen LogP contribution is 2.33. The SMILES string of the molecule is CCN(Cc1nc2ccccc2c(=O)[nH]1)C(=O)C1CCCc2ccccc21. The number of aromatic amines is 1. The van der Waals surface area contributed by atoms with Crippen LogP contribution in [0.5, 0.6) is 0 Å². The van der Waals surface area contributed by atoms with Gasteiger partial charge in [-0.1, -0.05) is 36.4 Å². The average Bonchev–Trinajstić information content (AvgIpc) is 2.71. The van der Waals surface area contributed by atoms with Crippen molar-refractivity contribution in [1.29, 1.82) is 0 Å². The Labute approximate surface area is 158 Å². The Kier molecular flexibility index (Phi) is 4.75. The van der Waals surface area contributed by atoms with Crippen LogP contribution in [-0.2, 0) is 17.8 Å². The van der Waals surface area contributed by atoms with Gasteiger partial charge in [-0.2, -0.15) is 0 Å². The summed E-state index contributed by atoms with van der Waals surface area (Å²) in [6, 6.07) is 15.5. The number of amides is 1. The monoisotopic (exact) mass is 361 g/mol. The van der Waals surface area contributed by atoms with Gasteiger partial charge < -0.3 is 9.88 Å². The standard InChI is InChI=1S/C22H23N3O2/c1-2-25(14-20-23-19-13-6-5-11-18(19)21(26)24-20)22(27)17-12-7-9-15-8-3-4-10-16(15)17/h3-6,8,10-11,13,17H,2,7,9,12,14H2,1H3,(H,23,24,26). The van der Waals surface area contributed by atoms with Crippen molar-refractivity contribution in [3.63, 3.8) is 0 Å². The fourth-order valence-electron chi connectivity index (χ4n) is 3.97. The molecule has 0 aliphatic heterocycles. The number of carbonyl (C=O) groups is 1. The fraction of sp³-hybridized carbons (Fsp3) is 0.318. The number of nitrogens with zero attached hydrogens (tertiary/aromatic N) is 2. The maximum absolute atomic E-state index is 13.3. The Morgan fingerprint density at radius 2 is 1.96 bits per heavy atom. The van der Waals surface area contributed by atoms with E-state index in [0.717, 1.165) is 24.8 Å². The number of likely N-dealkylation sites (N-methyl/N-ethyl adjacent to an activating group) is 1. The molecule has 1 heterocycles. The van der Waals surface area contributed by atoms with E-state index in [2.05, 4.69) is 22.1 Å². The molecule has 0 radical (unpaired) electrons. The van der Waals surface area contributed by atoms with Crippen molar-refractivity contribution in [2.24, 2.45) is 0 Å². The van der Waals surface area contributed by atoms with Gasteiger partial charge in [0.1, 0.15) is 5.82 Å². The summed E-state index contributed by atoms with van der Waals surface area (Å²) in [4.78, 5) is 34.7. The summed E-state index contributed by atoms with van der Waals surface area (Å²) in [5, 5.41) is 0.567. The molecule has 0 spiro atoms. The van der Waals surface area contributed by atoms with Crippen molar-refractivity contribution in [2.45, 2.75) is 38.6 Å². The molecule has 27 heavy (non-hydrogen) atoms. The molecule has 1 unspecified atom stereocenters. The van der Waals surface area contributed by atoms with Crippen LogP contribution in [0.1, 0.15) is 42.6 Å². The van der Waals surface area contributed by atoms with Crippen LogP contribution in [0, 0.1) is 0 Å². The molecular weight excluding hydrogens is 338 g/mol. The minimum absolute atomic E-state index is 0.109. The Hall–Kier alpha value is -2.95. The molecule has 0 saturated heterocycles. The average molecular weight is 361 g/mol. The lowest BCUT2D eigenvalue weighted by atomic mass is 9.82. The number of aromatic nitrogens is 2. The highest BCUT2D eigenvalue weighted by Gasteiger charge is 2.29. The molecule has 1 atom stereocenters. The topological polar surface area (TPSA) is 66.1 Å². The minimum Gasteiger partial charge on any atom is -0.335 e. The van der Waals surface area contributed by atoms with Crippen molar-refractivity contribution in [1.82, 2.24) is 14.9 Å². The van der Waals surface area contributed by atoms with Gasteiger partial charge in [0.2, 0.25) is 5.91 Å². The molecule has 138 valence electrons. The molecule has 1 N–H and O–H groups in total. The highest BCUT2D eigenvalue weighted by molar-refractivity contribution is 5.84. The molecule has 2 aromatic carbocycles. The van der Waals surface area contributed by atoms with E-state index in [1.165, 1.54) is 5.56 Å². The van der Waals surface area contributed by atoms with Gasteiger partial charge >= 0.3 is 0 Å². The van der Waals surface area contributed by atoms with Crippen LogP contribution in [0.4, 0.5) is 0 Å². The summed E-state index contributed by atoms with van der Waals surface area (Å²) in [6.45, 7) is 2.86. The summed E-state index contributed by atoms with van der Waals surface area (Å²) in [5.74, 6) is 0.528. The predicted octanol–water partition coefficient (Wildman–Crippen LogP) is 3.39. The van der Waals surface area contributed by atoms with Crippen LogP contribution in [0.25, 0.3) is 10.9 Å². The third-order valence-corrected chi connectivity index (χ3v) is 5.36. The molecule has 1 amide bonds. The molecule has 5 nitrogen and oxygen atoms in total. The van der Waals surface area contributed by atoms with Crippen LogP contribution < -0.4 is 5.56 Å². The molecule has 4 rings (SSSR count). The number of fused-ring (bicyclic) bond motifs is 2. The summed E-state index contributed by atoms with van der Waals surface area (Å²) in [7, 11) is 0. The third-order valence-electron chi connectivity index (χ3n) is 5.36. The lowest BCUT2D eigenvalue weighted by molar-refractivity contribution is -0.133. The maximum Gasteiger partial charge on any atom is 0.258 e. The van der Waals surface area contributed by atoms with Crippen LogP contribution in [0.2, 0.25) is 0 Å². The quantitative estimate of drug-likeness (QED) is 0.775. The van der Waals surface area contributed by atoms with Crippen LogP contribution in [0.3, 0.4) is 0 Å². The fourth-order valence-corrected chi connectivity index (χ4v) is 3.97. The van der Waals surface area contributed by atoms with E-state index in [-0.39, 0.29) is 17.4 Å². The number of hydrogen-bond acceptors (Lipinski definition) is 3. The van der Waals surface area contributed by atoms with Gasteiger partial charge in [0.25, 0.3) is 5.56 Å². The minimum atomic E-state index is -0.165. The van der Waals surface area contributed by atoms with Crippen molar-refractivity contribution in [3.05, 3.63) is 75.8 Å². The summed E-state index contributed by atoms with van der Waals surface area (Å²) >= 11 is 0. The molecule has 1 aliphatic carbocycles. The molecule has 5 heteroatoms. The number of H-pyrrole nitrogens is 1. The number of para-hydroxylation sites is 1. The lowest BCUT2D eigenvalue weighted by Crippen LogP contribution is -2.36. The third kappa shape index (κ3) is 3.37. The van der Waals surface area contributed by atoms with E-state index in [9.17, 15) is 9.59 Å². The summed E-state index contributed by atoms with van der Waals surface area (Å²) in [6.07, 6.45) is 2.93. The van der Waals surface area contributed by atoms with E-state index in [4.69, 9.17) is 0 Å². The highest BCUT2D eigenvalue weighted by atomic mass is 16.2. The Balaban J connectivity index is 1.62. The molecular formula is C22H23N3O2. The van der Waals surface area contributed by atoms with Gasteiger partial charge in [0.05, 0.1) is 23.4 Å². The lowest BCUT2D eigenvalue weighted by Gasteiger charge is -2.30. The first kappa shape index (κ1) is 17.5. The Morgan fingerprint density at radius 1 is 1.19 bits per heavy atom. The number of nitrogens with one attached hydrogen (secondary N) is 1. The number of aryl methyl sites for hydroxylation is 1. The first-order valence-corrected chi connectivity index (χ1v) is 9.52. The van der Waals surface area contributed by atoms with E-state index < -0.39 is 0 Å². The van der Waals surface area contributed by atoms with Crippen LogP contribution in [0.15, 0.2) is 53.3 Å². The summed E-state index contributed by atoms with van der Waals surface area (Å²) in [5.41, 5.74) is 2.91. The first-order chi connectivity index (χ1) is 13.2. The van der Waals surface area contributed by atoms with E-state index in [1.54, 1.807) is 11.0 Å². The van der Waals surface area contributed by atoms with Gasteiger partial charge in [-0.25, -0.2) is 4.98 Å². The van der Waals surface area contributed by atoms with Gasteiger partial charge in [-0.15, -0.1) is 0 Å². The zero-order valence-electron chi connectivity index (χ0n) is 15.4. The smallest absolute Gasteiger partial charge is 0.258 e. The van der Waals surface area contributed by atoms with Crippen molar-refractivity contribution in [3.8, 4) is 0 Å². The number of carbonyl (C=O) groups excluding carboxylic acids is 1. The number of hydrogen-bond donors (Lipinski definition) is 1. The van der Waals surface area contributed by atoms with Gasteiger partial charge in [-0.3, -0.25) is 9.59 Å². The maximum atomic E-state index is 13.3. The van der Waals surface area contributed by atoms with Gasteiger partial charge in [-0.05, 0) is 49.4 Å². The molecule has 1 aromatic heterocycles. The Bertz CT molecular complexity index is 1040. The zero-order chi connectivity index (χ0) is 18.8. The second kappa shape index (κ2) is 7.35. The first-order valence-electron chi connectivity index (χ1n) is 9.52. The van der Waals surface area contributed by atoms with E-state index in [0.29, 0.717) is 29.8 Å². The normalized spacial score (nSPS) is 16.1. The van der Waals surface area contributed by atoms with Crippen LogP contribution >= 0.6 is 0 Å². The van der Waals surface area contributed by atoms with Crippen molar-refractivity contribution in [2.75, 3.05) is 6.54 Å². The van der Waals surface area contributed by atoms with Gasteiger partial charge in [0, 0.05) is 6.54 Å². The molecule has 3 aromatic rings. The Morgan fingerprint density at radius 3 is 2.81 bits per heavy atom. The second-order valence-electron chi connectivity index (χ2n) is 7.03. The van der Waals surface area contributed by atoms with Crippen molar-refractivity contribution < 1.29 is 4.79 Å².